The van der Waals surface area contributed by atoms with Crippen molar-refractivity contribution in [1.82, 2.24) is 10.6 Å². The third-order valence-electron chi connectivity index (χ3n) is 5.45. The van der Waals surface area contributed by atoms with Gasteiger partial charge in [0.2, 0.25) is 5.91 Å². The summed E-state index contributed by atoms with van der Waals surface area (Å²) in [6.07, 6.45) is 5.73. The van der Waals surface area contributed by atoms with Crippen LogP contribution in [0.25, 0.3) is 0 Å². The predicted octanol–water partition coefficient (Wildman–Crippen LogP) is 2.99. The maximum atomic E-state index is 12.1. The highest BCUT2D eigenvalue weighted by atomic mass is 35.5. The largest absolute Gasteiger partial charge is 0.356 e. The van der Waals surface area contributed by atoms with Gasteiger partial charge in [-0.3, -0.25) is 4.79 Å². The molecule has 3 nitrogen and oxygen atoms in total. The van der Waals surface area contributed by atoms with Gasteiger partial charge in [0.15, 0.2) is 0 Å². The van der Waals surface area contributed by atoms with E-state index in [0.29, 0.717) is 23.7 Å². The molecule has 1 aliphatic heterocycles. The fourth-order valence-corrected chi connectivity index (χ4v) is 3.34. The van der Waals surface area contributed by atoms with E-state index in [0.717, 1.165) is 25.6 Å². The molecule has 0 bridgehead atoms. The van der Waals surface area contributed by atoms with E-state index in [2.05, 4.69) is 31.4 Å². The first kappa shape index (κ1) is 17.8. The third kappa shape index (κ3) is 4.63. The standard InChI is InChI=1S/C16H30N2O.ClH/c1-12(2)16(6-7-16)11-18-15(19)10-13(3)14-4-8-17-9-5-14;/h12-14,17H,4-11H2,1-3H3,(H,18,19);1H. The molecule has 0 aromatic rings. The smallest absolute Gasteiger partial charge is 0.220 e. The SMILES string of the molecule is CC(CC(=O)NCC1(C(C)C)CC1)C1CCNCC1.Cl. The first-order valence-electron chi connectivity index (χ1n) is 8.01. The lowest BCUT2D eigenvalue weighted by Crippen LogP contribution is -2.36. The maximum Gasteiger partial charge on any atom is 0.220 e. The van der Waals surface area contributed by atoms with Gasteiger partial charge in [0.05, 0.1) is 0 Å². The van der Waals surface area contributed by atoms with Crippen LogP contribution in [0, 0.1) is 23.2 Å². The fraction of sp³-hybridized carbons (Fsp3) is 0.938. The Morgan fingerprint density at radius 3 is 2.35 bits per heavy atom. The first-order valence-corrected chi connectivity index (χ1v) is 8.01. The van der Waals surface area contributed by atoms with Gasteiger partial charge in [0, 0.05) is 13.0 Å². The molecule has 4 heteroatoms. The molecule has 0 aromatic heterocycles. The molecule has 1 atom stereocenters. The summed E-state index contributed by atoms with van der Waals surface area (Å²) in [5, 5.41) is 6.57. The fourth-order valence-electron chi connectivity index (χ4n) is 3.34. The van der Waals surface area contributed by atoms with Crippen LogP contribution >= 0.6 is 12.4 Å². The number of nitrogens with one attached hydrogen (secondary N) is 2. The van der Waals surface area contributed by atoms with Crippen molar-refractivity contribution in [2.75, 3.05) is 19.6 Å². The molecule has 1 saturated carbocycles. The molecule has 2 aliphatic rings. The van der Waals surface area contributed by atoms with E-state index in [4.69, 9.17) is 0 Å². The molecule has 1 aliphatic carbocycles. The van der Waals surface area contributed by atoms with Crippen molar-refractivity contribution in [2.24, 2.45) is 23.2 Å². The van der Waals surface area contributed by atoms with E-state index in [1.807, 2.05) is 0 Å². The Labute approximate surface area is 130 Å². The van der Waals surface area contributed by atoms with E-state index in [1.165, 1.54) is 25.7 Å². The van der Waals surface area contributed by atoms with Crippen LogP contribution in [0.1, 0.15) is 52.9 Å². The number of amides is 1. The molecule has 118 valence electrons. The van der Waals surface area contributed by atoms with E-state index in [9.17, 15) is 4.79 Å². The summed E-state index contributed by atoms with van der Waals surface area (Å²) in [5.74, 6) is 2.20. The highest BCUT2D eigenvalue weighted by molar-refractivity contribution is 5.85. The lowest BCUT2D eigenvalue weighted by Gasteiger charge is -2.28. The summed E-state index contributed by atoms with van der Waals surface area (Å²) >= 11 is 0. The molecule has 2 fully saturated rings. The van der Waals surface area contributed by atoms with Crippen molar-refractivity contribution >= 4 is 18.3 Å². The normalized spacial score (nSPS) is 23.0. The quantitative estimate of drug-likeness (QED) is 0.792. The van der Waals surface area contributed by atoms with Crippen LogP contribution in [0.2, 0.25) is 0 Å². The Kier molecular flexibility index (Phi) is 6.80. The highest BCUT2D eigenvalue weighted by Crippen LogP contribution is 2.51. The van der Waals surface area contributed by atoms with Crippen LogP contribution < -0.4 is 10.6 Å². The predicted molar refractivity (Wildman–Crippen MR) is 86.1 cm³/mol. The molecule has 0 radical (unpaired) electrons. The monoisotopic (exact) mass is 302 g/mol. The van der Waals surface area contributed by atoms with Gasteiger partial charge in [-0.1, -0.05) is 20.8 Å². The Balaban J connectivity index is 0.00000200. The Morgan fingerprint density at radius 1 is 1.25 bits per heavy atom. The van der Waals surface area contributed by atoms with Crippen molar-refractivity contribution in [3.05, 3.63) is 0 Å². The summed E-state index contributed by atoms with van der Waals surface area (Å²) in [4.78, 5) is 12.1. The van der Waals surface area contributed by atoms with Gasteiger partial charge in [-0.25, -0.2) is 0 Å². The zero-order valence-corrected chi connectivity index (χ0v) is 14.0. The molecule has 2 N–H and O–H groups in total. The van der Waals surface area contributed by atoms with Gasteiger partial charge in [-0.15, -0.1) is 12.4 Å². The van der Waals surface area contributed by atoms with Crippen LogP contribution in [0.3, 0.4) is 0 Å². The average Bonchev–Trinajstić information content (AvgIpc) is 3.18. The molecule has 1 amide bonds. The van der Waals surface area contributed by atoms with Crippen molar-refractivity contribution in [3.8, 4) is 0 Å². The average molecular weight is 303 g/mol. The Bertz CT molecular complexity index is 310. The number of halogens is 1. The van der Waals surface area contributed by atoms with E-state index in [1.54, 1.807) is 0 Å². The number of piperidine rings is 1. The molecule has 1 saturated heterocycles. The van der Waals surface area contributed by atoms with Crippen LogP contribution in [0.5, 0.6) is 0 Å². The van der Waals surface area contributed by atoms with Crippen molar-refractivity contribution in [3.63, 3.8) is 0 Å². The molecule has 2 rings (SSSR count). The second-order valence-corrected chi connectivity index (χ2v) is 7.06. The van der Waals surface area contributed by atoms with Gasteiger partial charge >= 0.3 is 0 Å². The summed E-state index contributed by atoms with van der Waals surface area (Å²) < 4.78 is 0. The zero-order valence-electron chi connectivity index (χ0n) is 13.2. The Hall–Kier alpha value is -0.280. The van der Waals surface area contributed by atoms with E-state index >= 15 is 0 Å². The lowest BCUT2D eigenvalue weighted by atomic mass is 9.84. The molecule has 1 unspecified atom stereocenters. The lowest BCUT2D eigenvalue weighted by molar-refractivity contribution is -0.122. The summed E-state index contributed by atoms with van der Waals surface area (Å²) in [5.41, 5.74) is 0.424. The van der Waals surface area contributed by atoms with E-state index in [-0.39, 0.29) is 18.3 Å². The molecule has 20 heavy (non-hydrogen) atoms. The number of hydrogen-bond donors (Lipinski definition) is 2. The van der Waals surface area contributed by atoms with Crippen molar-refractivity contribution in [1.29, 1.82) is 0 Å². The number of carbonyl (C=O) groups excluding carboxylic acids is 1. The molecule has 0 aromatic carbocycles. The highest BCUT2D eigenvalue weighted by Gasteiger charge is 2.45. The van der Waals surface area contributed by atoms with Gasteiger partial charge in [-0.2, -0.15) is 0 Å². The molecule has 1 heterocycles. The van der Waals surface area contributed by atoms with Crippen molar-refractivity contribution < 1.29 is 4.79 Å². The van der Waals surface area contributed by atoms with Crippen LogP contribution in [0.4, 0.5) is 0 Å². The van der Waals surface area contributed by atoms with E-state index < -0.39 is 0 Å². The second kappa shape index (κ2) is 7.65. The van der Waals surface area contributed by atoms with Gasteiger partial charge in [0.25, 0.3) is 0 Å². The summed E-state index contributed by atoms with van der Waals surface area (Å²) in [6.45, 7) is 9.92. The molecular weight excluding hydrogens is 272 g/mol. The minimum absolute atomic E-state index is 0. The molecular formula is C16H31ClN2O. The zero-order chi connectivity index (χ0) is 13.9. The first-order chi connectivity index (χ1) is 9.03. The topological polar surface area (TPSA) is 41.1 Å². The number of rotatable bonds is 6. The third-order valence-corrected chi connectivity index (χ3v) is 5.45. The van der Waals surface area contributed by atoms with Gasteiger partial charge in [-0.05, 0) is 61.9 Å². The summed E-state index contributed by atoms with van der Waals surface area (Å²) in [6, 6.07) is 0. The van der Waals surface area contributed by atoms with Gasteiger partial charge < -0.3 is 10.6 Å². The number of hydrogen-bond acceptors (Lipinski definition) is 2. The maximum absolute atomic E-state index is 12.1. The minimum atomic E-state index is 0. The molecule has 0 spiro atoms. The number of carbonyl (C=O) groups is 1. The summed E-state index contributed by atoms with van der Waals surface area (Å²) in [7, 11) is 0. The second-order valence-electron chi connectivity index (χ2n) is 7.06. The van der Waals surface area contributed by atoms with Gasteiger partial charge in [0.1, 0.15) is 0 Å². The van der Waals surface area contributed by atoms with Crippen molar-refractivity contribution in [2.45, 2.75) is 52.9 Å². The van der Waals surface area contributed by atoms with Crippen LogP contribution in [-0.4, -0.2) is 25.5 Å². The van der Waals surface area contributed by atoms with Crippen LogP contribution in [-0.2, 0) is 4.79 Å². The minimum Gasteiger partial charge on any atom is -0.356 e. The Morgan fingerprint density at radius 2 is 1.85 bits per heavy atom. The van der Waals surface area contributed by atoms with Crippen LogP contribution in [0.15, 0.2) is 0 Å².